The number of nitrogens with one attached hydrogen (secondary N) is 1. The van der Waals surface area contributed by atoms with Gasteiger partial charge in [-0.1, -0.05) is 37.3 Å². The summed E-state index contributed by atoms with van der Waals surface area (Å²) in [4.78, 5) is 27.3. The summed E-state index contributed by atoms with van der Waals surface area (Å²) in [5, 5.41) is 7.82. The lowest BCUT2D eigenvalue weighted by atomic mass is 10.0. The normalized spacial score (nSPS) is 14.4. The fourth-order valence-electron chi connectivity index (χ4n) is 4.95. The van der Waals surface area contributed by atoms with Crippen LogP contribution < -0.4 is 5.32 Å². The number of carbonyl (C=O) groups is 2. The number of fused-ring (bicyclic) bond motifs is 3. The summed E-state index contributed by atoms with van der Waals surface area (Å²) in [6.45, 7) is 4.49. The predicted octanol–water partition coefficient (Wildman–Crippen LogP) is 4.93. The van der Waals surface area contributed by atoms with Crippen molar-refractivity contribution in [3.05, 3.63) is 101 Å². The number of halogens is 1. The van der Waals surface area contributed by atoms with E-state index >= 15 is 0 Å². The van der Waals surface area contributed by atoms with Crippen molar-refractivity contribution in [3.63, 3.8) is 0 Å². The average Bonchev–Trinajstić information content (AvgIpc) is 3.51. The summed E-state index contributed by atoms with van der Waals surface area (Å²) in [5.41, 5.74) is 4.34. The largest absolute Gasteiger partial charge is 0.466 e. The molecule has 4 aromatic rings. The highest BCUT2D eigenvalue weighted by Gasteiger charge is 2.36. The highest BCUT2D eigenvalue weighted by Crippen LogP contribution is 2.38. The molecule has 1 aliphatic heterocycles. The zero-order valence-corrected chi connectivity index (χ0v) is 21.4. The van der Waals surface area contributed by atoms with Gasteiger partial charge in [-0.05, 0) is 55.3 Å². The number of ether oxygens (including phenoxy) is 1. The predicted molar refractivity (Wildman–Crippen MR) is 141 cm³/mol. The highest BCUT2D eigenvalue weighted by molar-refractivity contribution is 5.77. The number of aryl methyl sites for hydroxylation is 1. The van der Waals surface area contributed by atoms with Crippen molar-refractivity contribution in [2.45, 2.75) is 39.3 Å². The van der Waals surface area contributed by atoms with Crippen molar-refractivity contribution in [1.82, 2.24) is 24.6 Å². The Morgan fingerprint density at radius 1 is 1.05 bits per heavy atom. The van der Waals surface area contributed by atoms with Crippen LogP contribution in [0.25, 0.3) is 11.5 Å². The molecule has 2 amide bonds. The molecule has 8 nitrogen and oxygen atoms in total. The van der Waals surface area contributed by atoms with E-state index in [1.54, 1.807) is 24.0 Å². The van der Waals surface area contributed by atoms with Crippen molar-refractivity contribution >= 4 is 12.0 Å². The van der Waals surface area contributed by atoms with Gasteiger partial charge in [0, 0.05) is 18.3 Å². The van der Waals surface area contributed by atoms with Crippen LogP contribution in [0.3, 0.4) is 0 Å². The zero-order chi connectivity index (χ0) is 26.6. The van der Waals surface area contributed by atoms with Gasteiger partial charge in [-0.3, -0.25) is 4.79 Å². The van der Waals surface area contributed by atoms with Crippen molar-refractivity contribution in [2.75, 3.05) is 13.2 Å². The summed E-state index contributed by atoms with van der Waals surface area (Å²) >= 11 is 0. The average molecular weight is 516 g/mol. The van der Waals surface area contributed by atoms with Gasteiger partial charge in [0.25, 0.3) is 0 Å². The number of nitrogens with zero attached hydrogens (tertiary/aromatic N) is 4. The number of para-hydroxylation sites is 1. The van der Waals surface area contributed by atoms with Gasteiger partial charge in [0.05, 0.1) is 42.7 Å². The van der Waals surface area contributed by atoms with E-state index in [1.165, 1.54) is 12.1 Å². The number of hydrogen-bond acceptors (Lipinski definition) is 4. The van der Waals surface area contributed by atoms with Crippen LogP contribution in [0.4, 0.5) is 9.18 Å². The second-order valence-corrected chi connectivity index (χ2v) is 9.02. The number of rotatable bonds is 7. The van der Waals surface area contributed by atoms with Gasteiger partial charge in [-0.25, -0.2) is 13.9 Å². The second kappa shape index (κ2) is 10.9. The third-order valence-electron chi connectivity index (χ3n) is 6.66. The molecule has 0 saturated heterocycles. The molecular formula is C29H30FN5O3. The lowest BCUT2D eigenvalue weighted by Crippen LogP contribution is -2.42. The number of esters is 1. The van der Waals surface area contributed by atoms with Gasteiger partial charge >= 0.3 is 12.0 Å². The summed E-state index contributed by atoms with van der Waals surface area (Å²) in [7, 11) is 0. The fraction of sp³-hybridized carbons (Fsp3) is 0.276. The molecule has 0 fully saturated rings. The number of amides is 2. The molecule has 2 aromatic carbocycles. The number of hydrogen-bond donors (Lipinski definition) is 1. The Labute approximate surface area is 220 Å². The molecule has 0 saturated carbocycles. The van der Waals surface area contributed by atoms with E-state index in [9.17, 15) is 14.0 Å². The zero-order valence-electron chi connectivity index (χ0n) is 21.4. The van der Waals surface area contributed by atoms with E-state index in [0.717, 1.165) is 34.0 Å². The molecule has 196 valence electrons. The Morgan fingerprint density at radius 2 is 1.82 bits per heavy atom. The first kappa shape index (κ1) is 25.3. The van der Waals surface area contributed by atoms with Crippen LogP contribution in [0, 0.1) is 5.82 Å². The van der Waals surface area contributed by atoms with Crippen LogP contribution in [0.5, 0.6) is 0 Å². The van der Waals surface area contributed by atoms with Gasteiger partial charge in [-0.15, -0.1) is 0 Å². The minimum atomic E-state index is -0.505. The third-order valence-corrected chi connectivity index (χ3v) is 6.66. The maximum Gasteiger partial charge on any atom is 0.318 e. The molecule has 2 aromatic heterocycles. The Hall–Kier alpha value is -4.40. The first-order chi connectivity index (χ1) is 18.5. The van der Waals surface area contributed by atoms with Gasteiger partial charge in [0.15, 0.2) is 0 Å². The SMILES string of the molecule is CCOC(=O)CCNC(=O)N1Cc2c(CC)nn(-c3ccccc3)c2-n2cccc2C1c1ccc(F)cc1. The maximum absolute atomic E-state index is 13.9. The number of benzene rings is 2. The van der Waals surface area contributed by atoms with Gasteiger partial charge in [0.1, 0.15) is 11.6 Å². The second-order valence-electron chi connectivity index (χ2n) is 9.02. The van der Waals surface area contributed by atoms with E-state index in [0.29, 0.717) is 6.42 Å². The molecule has 38 heavy (non-hydrogen) atoms. The first-order valence-electron chi connectivity index (χ1n) is 12.8. The van der Waals surface area contributed by atoms with Crippen molar-refractivity contribution in [3.8, 4) is 11.5 Å². The number of urea groups is 1. The minimum Gasteiger partial charge on any atom is -0.466 e. The summed E-state index contributed by atoms with van der Waals surface area (Å²) in [6, 6.07) is 19.2. The first-order valence-corrected chi connectivity index (χ1v) is 12.8. The Kier molecular flexibility index (Phi) is 7.26. The molecule has 0 spiro atoms. The van der Waals surface area contributed by atoms with E-state index in [-0.39, 0.29) is 43.9 Å². The molecule has 5 rings (SSSR count). The summed E-state index contributed by atoms with van der Waals surface area (Å²) in [6.07, 6.45) is 2.72. The lowest BCUT2D eigenvalue weighted by Gasteiger charge is -2.31. The molecule has 3 heterocycles. The summed E-state index contributed by atoms with van der Waals surface area (Å²) < 4.78 is 22.9. The van der Waals surface area contributed by atoms with Crippen molar-refractivity contribution in [2.24, 2.45) is 0 Å². The molecule has 1 unspecified atom stereocenters. The Morgan fingerprint density at radius 3 is 2.53 bits per heavy atom. The molecular weight excluding hydrogens is 485 g/mol. The molecule has 1 atom stereocenters. The van der Waals surface area contributed by atoms with Crippen molar-refractivity contribution < 1.29 is 18.7 Å². The smallest absolute Gasteiger partial charge is 0.318 e. The monoisotopic (exact) mass is 515 g/mol. The molecule has 1 aliphatic rings. The van der Waals surface area contributed by atoms with Gasteiger partial charge in [0.2, 0.25) is 0 Å². The minimum absolute atomic E-state index is 0.0718. The molecule has 0 bridgehead atoms. The molecule has 0 radical (unpaired) electrons. The fourth-order valence-corrected chi connectivity index (χ4v) is 4.95. The van der Waals surface area contributed by atoms with Crippen LogP contribution in [0.15, 0.2) is 72.9 Å². The Bertz CT molecular complexity index is 1430. The summed E-state index contributed by atoms with van der Waals surface area (Å²) in [5.74, 6) is 0.147. The number of carbonyl (C=O) groups excluding carboxylic acids is 2. The van der Waals surface area contributed by atoms with Gasteiger partial charge < -0.3 is 19.5 Å². The van der Waals surface area contributed by atoms with Crippen molar-refractivity contribution in [1.29, 1.82) is 0 Å². The third kappa shape index (κ3) is 4.79. The van der Waals surface area contributed by atoms with Crippen LogP contribution in [0.1, 0.15) is 48.8 Å². The Balaban J connectivity index is 1.62. The van der Waals surface area contributed by atoms with E-state index < -0.39 is 6.04 Å². The standard InChI is InChI=1S/C29H30FN5O3/c1-3-24-23-19-34(29(37)31-17-16-26(36)38-4-2)27(20-12-14-21(30)15-13-20)25-11-8-18-33(25)28(23)35(32-24)22-9-6-5-7-10-22/h5-15,18,27H,3-4,16-17,19H2,1-2H3,(H,31,37). The van der Waals surface area contributed by atoms with Crippen LogP contribution in [0.2, 0.25) is 0 Å². The van der Waals surface area contributed by atoms with E-state index in [2.05, 4.69) is 9.88 Å². The number of aromatic nitrogens is 3. The highest BCUT2D eigenvalue weighted by atomic mass is 19.1. The lowest BCUT2D eigenvalue weighted by molar-refractivity contribution is -0.142. The van der Waals surface area contributed by atoms with E-state index in [4.69, 9.17) is 9.84 Å². The molecule has 9 heteroatoms. The maximum atomic E-state index is 13.9. The topological polar surface area (TPSA) is 81.4 Å². The van der Waals surface area contributed by atoms with Crippen LogP contribution in [-0.2, 0) is 22.5 Å². The van der Waals surface area contributed by atoms with Crippen LogP contribution >= 0.6 is 0 Å². The van der Waals surface area contributed by atoms with Crippen LogP contribution in [-0.4, -0.2) is 44.4 Å². The molecule has 0 aliphatic carbocycles. The van der Waals surface area contributed by atoms with Gasteiger partial charge in [-0.2, -0.15) is 5.10 Å². The van der Waals surface area contributed by atoms with E-state index in [1.807, 2.05) is 60.3 Å². The quantitative estimate of drug-likeness (QED) is 0.354. The molecule has 1 N–H and O–H groups in total.